The van der Waals surface area contributed by atoms with E-state index in [1.165, 1.54) is 44.7 Å². The standard InChI is InChI=1S/C23H20IN3O7/c1-32-17-7-8-18(20(28)11-17)23(29)26-25-12-15-9-19(24)22(21(10-15)33-2)34-13-14-3-5-16(6-4-14)27(30)31/h3-12,28H,13H2,1-2H3,(H,26,29)/b25-12-. The number of benzene rings is 3. The molecule has 0 saturated heterocycles. The summed E-state index contributed by atoms with van der Waals surface area (Å²) in [7, 11) is 2.96. The van der Waals surface area contributed by atoms with Gasteiger partial charge in [0, 0.05) is 18.2 Å². The van der Waals surface area contributed by atoms with Gasteiger partial charge >= 0.3 is 0 Å². The number of phenols is 1. The van der Waals surface area contributed by atoms with Crippen LogP contribution >= 0.6 is 22.6 Å². The average Bonchev–Trinajstić information content (AvgIpc) is 2.83. The van der Waals surface area contributed by atoms with Gasteiger partial charge in [-0.2, -0.15) is 5.10 Å². The van der Waals surface area contributed by atoms with E-state index >= 15 is 0 Å². The van der Waals surface area contributed by atoms with Crippen LogP contribution in [0.15, 0.2) is 59.7 Å². The number of hydrazone groups is 1. The summed E-state index contributed by atoms with van der Waals surface area (Å²) in [5, 5.41) is 24.7. The Bertz CT molecular complexity index is 1230. The van der Waals surface area contributed by atoms with Crippen LogP contribution in [0, 0.1) is 13.7 Å². The third-order valence-corrected chi connectivity index (χ3v) is 5.41. The Morgan fingerprint density at radius 3 is 2.50 bits per heavy atom. The molecule has 176 valence electrons. The monoisotopic (exact) mass is 577 g/mol. The van der Waals surface area contributed by atoms with E-state index in [0.717, 1.165) is 9.13 Å². The molecule has 0 unspecified atom stereocenters. The fourth-order valence-electron chi connectivity index (χ4n) is 2.88. The van der Waals surface area contributed by atoms with Gasteiger partial charge in [-0.05, 0) is 70.1 Å². The number of aromatic hydroxyl groups is 1. The third kappa shape index (κ3) is 6.13. The maximum Gasteiger partial charge on any atom is 0.275 e. The number of nitro groups is 1. The summed E-state index contributed by atoms with van der Waals surface area (Å²) in [6.07, 6.45) is 1.43. The maximum absolute atomic E-state index is 12.3. The van der Waals surface area contributed by atoms with Crippen molar-refractivity contribution in [2.24, 2.45) is 5.10 Å². The first kappa shape index (κ1) is 24.8. The molecule has 0 bridgehead atoms. The van der Waals surface area contributed by atoms with Crippen LogP contribution in [-0.2, 0) is 6.61 Å². The highest BCUT2D eigenvalue weighted by atomic mass is 127. The Morgan fingerprint density at radius 2 is 1.88 bits per heavy atom. The lowest BCUT2D eigenvalue weighted by atomic mass is 10.2. The first-order valence-corrected chi connectivity index (χ1v) is 10.8. The molecule has 10 nitrogen and oxygen atoms in total. The molecule has 0 heterocycles. The van der Waals surface area contributed by atoms with Crippen molar-refractivity contribution in [2.45, 2.75) is 6.61 Å². The molecule has 3 rings (SSSR count). The van der Waals surface area contributed by atoms with Gasteiger partial charge in [0.1, 0.15) is 18.1 Å². The third-order valence-electron chi connectivity index (χ3n) is 4.61. The number of nitrogens with one attached hydrogen (secondary N) is 1. The number of hydrogen-bond acceptors (Lipinski definition) is 8. The summed E-state index contributed by atoms with van der Waals surface area (Å²) in [5.74, 6) is 0.578. The van der Waals surface area contributed by atoms with Crippen LogP contribution in [0.5, 0.6) is 23.0 Å². The number of phenolic OH excluding ortho intramolecular Hbond substituents is 1. The number of hydrogen-bond donors (Lipinski definition) is 2. The van der Waals surface area contributed by atoms with Crippen molar-refractivity contribution in [3.8, 4) is 23.0 Å². The van der Waals surface area contributed by atoms with Crippen LogP contribution < -0.4 is 19.6 Å². The molecule has 34 heavy (non-hydrogen) atoms. The fourth-order valence-corrected chi connectivity index (χ4v) is 3.66. The molecular weight excluding hydrogens is 557 g/mol. The second-order valence-electron chi connectivity index (χ2n) is 6.83. The predicted octanol–water partition coefficient (Wildman–Crippen LogP) is 4.27. The molecule has 0 atom stereocenters. The van der Waals surface area contributed by atoms with E-state index in [2.05, 4.69) is 33.1 Å². The number of non-ortho nitro benzene ring substituents is 1. The molecule has 0 fully saturated rings. The van der Waals surface area contributed by atoms with Crippen molar-refractivity contribution >= 4 is 40.4 Å². The number of carbonyl (C=O) groups excluding carboxylic acids is 1. The molecule has 0 aliphatic carbocycles. The van der Waals surface area contributed by atoms with Gasteiger partial charge in [0.15, 0.2) is 11.5 Å². The Labute approximate surface area is 208 Å². The zero-order chi connectivity index (χ0) is 24.7. The highest BCUT2D eigenvalue weighted by Crippen LogP contribution is 2.34. The maximum atomic E-state index is 12.3. The molecular formula is C23H20IN3O7. The molecule has 3 aromatic carbocycles. The van der Waals surface area contributed by atoms with Crippen LogP contribution in [0.3, 0.4) is 0 Å². The molecule has 0 aliphatic heterocycles. The Balaban J connectivity index is 1.68. The van der Waals surface area contributed by atoms with Gasteiger partial charge in [0.2, 0.25) is 0 Å². The minimum absolute atomic E-state index is 0.00819. The van der Waals surface area contributed by atoms with Gasteiger partial charge in [0.25, 0.3) is 11.6 Å². The zero-order valence-corrected chi connectivity index (χ0v) is 20.3. The number of halogens is 1. The number of rotatable bonds is 9. The first-order valence-electron chi connectivity index (χ1n) is 9.76. The van der Waals surface area contributed by atoms with Crippen LogP contribution in [0.25, 0.3) is 0 Å². The summed E-state index contributed by atoms with van der Waals surface area (Å²) in [6, 6.07) is 13.9. The van der Waals surface area contributed by atoms with Gasteiger partial charge in [-0.3, -0.25) is 14.9 Å². The largest absolute Gasteiger partial charge is 0.507 e. The molecule has 0 saturated carbocycles. The van der Waals surface area contributed by atoms with E-state index in [-0.39, 0.29) is 23.6 Å². The molecule has 11 heteroatoms. The number of methoxy groups -OCH3 is 2. The number of amides is 1. The number of carbonyl (C=O) groups is 1. The number of nitrogens with zero attached hydrogens (tertiary/aromatic N) is 2. The van der Waals surface area contributed by atoms with Crippen molar-refractivity contribution < 1.29 is 29.0 Å². The lowest BCUT2D eigenvalue weighted by Crippen LogP contribution is -2.17. The van der Waals surface area contributed by atoms with E-state index in [9.17, 15) is 20.0 Å². The Hall–Kier alpha value is -3.87. The van der Waals surface area contributed by atoms with Crippen molar-refractivity contribution in [1.82, 2.24) is 5.43 Å². The van der Waals surface area contributed by atoms with Gasteiger partial charge in [-0.15, -0.1) is 0 Å². The number of ether oxygens (including phenoxy) is 3. The smallest absolute Gasteiger partial charge is 0.275 e. The van der Waals surface area contributed by atoms with Gasteiger partial charge in [-0.25, -0.2) is 5.43 Å². The lowest BCUT2D eigenvalue weighted by Gasteiger charge is -2.13. The highest BCUT2D eigenvalue weighted by molar-refractivity contribution is 14.1. The fraction of sp³-hybridized carbons (Fsp3) is 0.130. The van der Waals surface area contributed by atoms with Crippen molar-refractivity contribution in [3.05, 3.63) is 85.0 Å². The molecule has 3 aromatic rings. The molecule has 0 aliphatic rings. The lowest BCUT2D eigenvalue weighted by molar-refractivity contribution is -0.384. The molecule has 0 spiro atoms. The second-order valence-corrected chi connectivity index (χ2v) is 7.99. The van der Waals surface area contributed by atoms with Crippen LogP contribution in [0.2, 0.25) is 0 Å². The highest BCUT2D eigenvalue weighted by Gasteiger charge is 2.13. The SMILES string of the molecule is COc1ccc(C(=O)N/N=C\c2cc(I)c(OCc3ccc([N+](=O)[O-])cc3)c(OC)c2)c(O)c1. The minimum atomic E-state index is -0.582. The topological polar surface area (TPSA) is 133 Å². The van der Waals surface area contributed by atoms with Crippen LogP contribution in [0.1, 0.15) is 21.5 Å². The zero-order valence-electron chi connectivity index (χ0n) is 18.1. The van der Waals surface area contributed by atoms with Crippen LogP contribution in [0.4, 0.5) is 5.69 Å². The van der Waals surface area contributed by atoms with Gasteiger partial charge < -0.3 is 19.3 Å². The Kier molecular flexibility index (Phi) is 8.24. The van der Waals surface area contributed by atoms with Crippen LogP contribution in [-0.4, -0.2) is 36.4 Å². The normalized spacial score (nSPS) is 10.7. The predicted molar refractivity (Wildman–Crippen MR) is 133 cm³/mol. The number of nitro benzene ring substituents is 1. The van der Waals surface area contributed by atoms with E-state index in [1.807, 2.05) is 0 Å². The molecule has 0 radical (unpaired) electrons. The van der Waals surface area contributed by atoms with E-state index in [0.29, 0.717) is 22.8 Å². The summed E-state index contributed by atoms with van der Waals surface area (Å²) >= 11 is 2.09. The Morgan fingerprint density at radius 1 is 1.15 bits per heavy atom. The van der Waals surface area contributed by atoms with Gasteiger partial charge in [0.05, 0.1) is 34.5 Å². The molecule has 0 aromatic heterocycles. The van der Waals surface area contributed by atoms with E-state index in [1.54, 1.807) is 30.3 Å². The molecule has 2 N–H and O–H groups in total. The van der Waals surface area contributed by atoms with E-state index in [4.69, 9.17) is 14.2 Å². The van der Waals surface area contributed by atoms with Crippen molar-refractivity contribution in [1.29, 1.82) is 0 Å². The quantitative estimate of drug-likeness (QED) is 0.168. The minimum Gasteiger partial charge on any atom is -0.507 e. The molecule has 1 amide bonds. The van der Waals surface area contributed by atoms with Gasteiger partial charge in [-0.1, -0.05) is 0 Å². The summed E-state index contributed by atoms with van der Waals surface area (Å²) in [5.41, 5.74) is 3.83. The first-order chi connectivity index (χ1) is 16.3. The summed E-state index contributed by atoms with van der Waals surface area (Å²) in [6.45, 7) is 0.194. The summed E-state index contributed by atoms with van der Waals surface area (Å²) in [4.78, 5) is 22.6. The van der Waals surface area contributed by atoms with E-state index < -0.39 is 10.8 Å². The average molecular weight is 577 g/mol. The van der Waals surface area contributed by atoms with Crippen molar-refractivity contribution in [2.75, 3.05) is 14.2 Å². The second kappa shape index (κ2) is 11.3. The summed E-state index contributed by atoms with van der Waals surface area (Å²) < 4.78 is 17.0. The van der Waals surface area contributed by atoms with Crippen molar-refractivity contribution in [3.63, 3.8) is 0 Å².